The molecule has 3 N–H and O–H groups in total. The van der Waals surface area contributed by atoms with Crippen molar-refractivity contribution >= 4 is 29.9 Å². The van der Waals surface area contributed by atoms with E-state index < -0.39 is 0 Å². The normalized spacial score (nSPS) is 21.3. The fraction of sp³-hybridized carbons (Fsp3) is 0.583. The van der Waals surface area contributed by atoms with Crippen LogP contribution in [0, 0.1) is 5.92 Å². The van der Waals surface area contributed by atoms with Gasteiger partial charge in [-0.05, 0) is 31.7 Å². The third-order valence-electron chi connectivity index (χ3n) is 3.37. The van der Waals surface area contributed by atoms with Gasteiger partial charge in [-0.15, -0.1) is 12.4 Å². The first kappa shape index (κ1) is 15.3. The van der Waals surface area contributed by atoms with Crippen molar-refractivity contribution in [2.75, 3.05) is 13.1 Å². The second-order valence-electron chi connectivity index (χ2n) is 4.74. The number of nitrogens with one attached hydrogen (secondary N) is 1. The van der Waals surface area contributed by atoms with Gasteiger partial charge in [-0.3, -0.25) is 4.79 Å². The second kappa shape index (κ2) is 6.45. The maximum absolute atomic E-state index is 12.2. The van der Waals surface area contributed by atoms with E-state index in [0.717, 1.165) is 25.9 Å². The minimum atomic E-state index is 0. The summed E-state index contributed by atoms with van der Waals surface area (Å²) in [5.41, 5.74) is 6.46. The molecule has 102 valence electrons. The van der Waals surface area contributed by atoms with Crippen molar-refractivity contribution in [2.24, 2.45) is 11.7 Å². The lowest BCUT2D eigenvalue weighted by atomic mass is 9.92. The lowest BCUT2D eigenvalue weighted by molar-refractivity contribution is 0.0655. The molecule has 0 spiro atoms. The molecule has 0 saturated carbocycles. The molecular formula is C12H19Cl2N3O. The number of hydrogen-bond acceptors (Lipinski definition) is 2. The zero-order valence-corrected chi connectivity index (χ0v) is 11.9. The molecule has 6 heteroatoms. The standard InChI is InChI=1S/C12H18ClN3O.ClH/c1-8(14)9-3-2-4-16(7-9)12(17)11-5-10(13)6-15-11;/h5-6,8-9,15H,2-4,7,14H2,1H3;1H. The molecule has 1 saturated heterocycles. The van der Waals surface area contributed by atoms with E-state index in [-0.39, 0.29) is 24.4 Å². The highest BCUT2D eigenvalue weighted by Crippen LogP contribution is 2.21. The third-order valence-corrected chi connectivity index (χ3v) is 3.59. The number of likely N-dealkylation sites (tertiary alicyclic amines) is 1. The molecule has 2 unspecified atom stereocenters. The van der Waals surface area contributed by atoms with Crippen LogP contribution in [0.4, 0.5) is 0 Å². The van der Waals surface area contributed by atoms with Crippen molar-refractivity contribution in [2.45, 2.75) is 25.8 Å². The van der Waals surface area contributed by atoms with Crippen LogP contribution >= 0.6 is 24.0 Å². The molecule has 0 radical (unpaired) electrons. The minimum Gasteiger partial charge on any atom is -0.356 e. The van der Waals surface area contributed by atoms with Crippen molar-refractivity contribution in [3.05, 3.63) is 23.0 Å². The molecule has 1 aliphatic rings. The average Bonchev–Trinajstić information content (AvgIpc) is 2.75. The maximum atomic E-state index is 12.2. The highest BCUT2D eigenvalue weighted by atomic mass is 35.5. The van der Waals surface area contributed by atoms with E-state index in [4.69, 9.17) is 17.3 Å². The van der Waals surface area contributed by atoms with E-state index in [2.05, 4.69) is 4.98 Å². The number of piperidine rings is 1. The Hall–Kier alpha value is -0.710. The van der Waals surface area contributed by atoms with Gasteiger partial charge in [0.2, 0.25) is 0 Å². The van der Waals surface area contributed by atoms with Gasteiger partial charge >= 0.3 is 0 Å². The number of H-pyrrole nitrogens is 1. The summed E-state index contributed by atoms with van der Waals surface area (Å²) in [5, 5.41) is 0.564. The number of nitrogens with zero attached hydrogens (tertiary/aromatic N) is 1. The quantitative estimate of drug-likeness (QED) is 0.878. The number of carbonyl (C=O) groups excluding carboxylic acids is 1. The van der Waals surface area contributed by atoms with Crippen LogP contribution in [0.2, 0.25) is 5.02 Å². The minimum absolute atomic E-state index is 0. The van der Waals surface area contributed by atoms with Gasteiger partial charge in [0.05, 0.1) is 5.02 Å². The van der Waals surface area contributed by atoms with E-state index in [1.54, 1.807) is 12.3 Å². The molecule has 0 bridgehead atoms. The van der Waals surface area contributed by atoms with E-state index in [0.29, 0.717) is 16.6 Å². The van der Waals surface area contributed by atoms with Crippen molar-refractivity contribution in [3.8, 4) is 0 Å². The predicted molar refractivity (Wildman–Crippen MR) is 75.3 cm³/mol. The first-order valence-corrected chi connectivity index (χ1v) is 6.34. The second-order valence-corrected chi connectivity index (χ2v) is 5.18. The molecule has 2 heterocycles. The first-order valence-electron chi connectivity index (χ1n) is 5.96. The van der Waals surface area contributed by atoms with Crippen LogP contribution in [0.3, 0.4) is 0 Å². The zero-order chi connectivity index (χ0) is 12.4. The summed E-state index contributed by atoms with van der Waals surface area (Å²) in [4.78, 5) is 16.9. The van der Waals surface area contributed by atoms with Crippen LogP contribution in [0.5, 0.6) is 0 Å². The van der Waals surface area contributed by atoms with Crippen molar-refractivity contribution < 1.29 is 4.79 Å². The third kappa shape index (κ3) is 3.40. The van der Waals surface area contributed by atoms with E-state index in [1.165, 1.54) is 0 Å². The van der Waals surface area contributed by atoms with Gasteiger partial charge in [0.15, 0.2) is 0 Å². The van der Waals surface area contributed by atoms with Gasteiger partial charge in [-0.2, -0.15) is 0 Å². The number of nitrogens with two attached hydrogens (primary N) is 1. The SMILES string of the molecule is CC(N)C1CCCN(C(=O)c2cc(Cl)c[nH]2)C1.Cl. The molecule has 1 aromatic heterocycles. The number of aromatic nitrogens is 1. The van der Waals surface area contributed by atoms with Gasteiger partial charge in [-0.25, -0.2) is 0 Å². The largest absolute Gasteiger partial charge is 0.356 e. The van der Waals surface area contributed by atoms with Crippen LogP contribution < -0.4 is 5.73 Å². The Morgan fingerprint density at radius 1 is 1.67 bits per heavy atom. The van der Waals surface area contributed by atoms with Crippen LogP contribution in [0.25, 0.3) is 0 Å². The zero-order valence-electron chi connectivity index (χ0n) is 10.4. The Balaban J connectivity index is 0.00000162. The topological polar surface area (TPSA) is 62.1 Å². The monoisotopic (exact) mass is 291 g/mol. The Morgan fingerprint density at radius 3 is 2.94 bits per heavy atom. The molecule has 0 aromatic carbocycles. The van der Waals surface area contributed by atoms with Crippen LogP contribution in [-0.2, 0) is 0 Å². The molecular weight excluding hydrogens is 273 g/mol. The average molecular weight is 292 g/mol. The number of carbonyl (C=O) groups is 1. The summed E-state index contributed by atoms with van der Waals surface area (Å²) < 4.78 is 0. The van der Waals surface area contributed by atoms with Gasteiger partial charge in [0.1, 0.15) is 5.69 Å². The summed E-state index contributed by atoms with van der Waals surface area (Å²) in [6, 6.07) is 1.80. The maximum Gasteiger partial charge on any atom is 0.270 e. The number of hydrogen-bond donors (Lipinski definition) is 2. The van der Waals surface area contributed by atoms with Crippen molar-refractivity contribution in [3.63, 3.8) is 0 Å². The molecule has 18 heavy (non-hydrogen) atoms. The number of amides is 1. The Morgan fingerprint density at radius 2 is 2.39 bits per heavy atom. The van der Waals surface area contributed by atoms with Gasteiger partial charge < -0.3 is 15.6 Å². The Bertz CT molecular complexity index is 406. The number of aromatic amines is 1. The molecule has 1 aliphatic heterocycles. The first-order chi connectivity index (χ1) is 8.08. The van der Waals surface area contributed by atoms with E-state index in [9.17, 15) is 4.79 Å². The number of rotatable bonds is 2. The molecule has 1 aromatic rings. The molecule has 0 aliphatic carbocycles. The Kier molecular flexibility index (Phi) is 5.50. The summed E-state index contributed by atoms with van der Waals surface area (Å²) in [7, 11) is 0. The van der Waals surface area contributed by atoms with Gasteiger partial charge in [0.25, 0.3) is 5.91 Å². The van der Waals surface area contributed by atoms with Crippen LogP contribution in [0.15, 0.2) is 12.3 Å². The summed E-state index contributed by atoms with van der Waals surface area (Å²) in [6.07, 6.45) is 3.75. The highest BCUT2D eigenvalue weighted by molar-refractivity contribution is 6.30. The molecule has 1 fully saturated rings. The molecule has 1 amide bonds. The lowest BCUT2D eigenvalue weighted by Gasteiger charge is -2.34. The summed E-state index contributed by atoms with van der Waals surface area (Å²) >= 11 is 5.80. The lowest BCUT2D eigenvalue weighted by Crippen LogP contribution is -2.45. The fourth-order valence-electron chi connectivity index (χ4n) is 2.29. The van der Waals surface area contributed by atoms with Crippen LogP contribution in [-0.4, -0.2) is 34.9 Å². The van der Waals surface area contributed by atoms with Crippen LogP contribution in [0.1, 0.15) is 30.3 Å². The van der Waals surface area contributed by atoms with Gasteiger partial charge in [0, 0.05) is 25.3 Å². The van der Waals surface area contributed by atoms with Gasteiger partial charge in [-0.1, -0.05) is 11.6 Å². The highest BCUT2D eigenvalue weighted by Gasteiger charge is 2.26. The Labute approximate surface area is 118 Å². The smallest absolute Gasteiger partial charge is 0.270 e. The molecule has 2 atom stereocenters. The summed E-state index contributed by atoms with van der Waals surface area (Å²) in [6.45, 7) is 3.55. The molecule has 4 nitrogen and oxygen atoms in total. The molecule has 2 rings (SSSR count). The van der Waals surface area contributed by atoms with Crippen molar-refractivity contribution in [1.82, 2.24) is 9.88 Å². The predicted octanol–water partition coefficient (Wildman–Crippen LogP) is 2.29. The fourth-order valence-corrected chi connectivity index (χ4v) is 2.45. The van der Waals surface area contributed by atoms with Crippen molar-refractivity contribution in [1.29, 1.82) is 0 Å². The van der Waals surface area contributed by atoms with E-state index in [1.807, 2.05) is 11.8 Å². The van der Waals surface area contributed by atoms with E-state index >= 15 is 0 Å². The number of halogens is 2. The summed E-state index contributed by atoms with van der Waals surface area (Å²) in [5.74, 6) is 0.417.